The van der Waals surface area contributed by atoms with Crippen molar-refractivity contribution in [3.63, 3.8) is 0 Å². The second-order valence-electron chi connectivity index (χ2n) is 5.24. The van der Waals surface area contributed by atoms with Gasteiger partial charge in [0, 0.05) is 0 Å². The Labute approximate surface area is 144 Å². The molecule has 0 spiro atoms. The molecule has 1 unspecified atom stereocenters. The summed E-state index contributed by atoms with van der Waals surface area (Å²) in [5.74, 6) is -1.78. The first-order chi connectivity index (χ1) is 11.6. The molecule has 0 fully saturated rings. The molecule has 24 heavy (non-hydrogen) atoms. The quantitative estimate of drug-likeness (QED) is 0.531. The summed E-state index contributed by atoms with van der Waals surface area (Å²) in [7, 11) is 0. The topological polar surface area (TPSA) is 58.5 Å². The van der Waals surface area contributed by atoms with E-state index in [-0.39, 0.29) is 10.9 Å². The summed E-state index contributed by atoms with van der Waals surface area (Å²) in [5, 5.41) is 2.54. The fourth-order valence-corrected chi connectivity index (χ4v) is 2.65. The van der Waals surface area contributed by atoms with Crippen molar-refractivity contribution in [1.29, 1.82) is 0 Å². The highest BCUT2D eigenvalue weighted by Crippen LogP contribution is 2.17. The molecule has 1 aliphatic rings. The molecule has 0 saturated carbocycles. The number of hydrogen-bond donors (Lipinski definition) is 1. The van der Waals surface area contributed by atoms with E-state index in [1.807, 2.05) is 48.5 Å². The predicted molar refractivity (Wildman–Crippen MR) is 97.7 cm³/mol. The van der Waals surface area contributed by atoms with Gasteiger partial charge in [0.1, 0.15) is 5.92 Å². The highest BCUT2D eigenvalue weighted by molar-refractivity contribution is 7.80. The van der Waals surface area contributed by atoms with E-state index in [2.05, 4.69) is 10.3 Å². The number of benzene rings is 2. The summed E-state index contributed by atoms with van der Waals surface area (Å²) in [6.45, 7) is 0. The van der Waals surface area contributed by atoms with Gasteiger partial charge in [-0.1, -0.05) is 66.7 Å². The normalized spacial score (nSPS) is 17.5. The van der Waals surface area contributed by atoms with Crippen LogP contribution in [-0.2, 0) is 9.59 Å². The average Bonchev–Trinajstić information content (AvgIpc) is 2.60. The minimum Gasteiger partial charge on any atom is -0.300 e. The van der Waals surface area contributed by atoms with Crippen LogP contribution in [0.3, 0.4) is 0 Å². The number of carbonyl (C=O) groups is 2. The van der Waals surface area contributed by atoms with Gasteiger partial charge in [-0.05, 0) is 29.4 Å². The molecule has 3 rings (SSSR count). The van der Waals surface area contributed by atoms with Gasteiger partial charge >= 0.3 is 0 Å². The van der Waals surface area contributed by atoms with Crippen LogP contribution in [0.25, 0.3) is 6.08 Å². The number of aliphatic imine (C=N–C) groups is 1. The number of nitrogens with zero attached hydrogens (tertiary/aromatic N) is 1. The largest absolute Gasteiger partial charge is 0.300 e. The molecule has 4 nitrogen and oxygen atoms in total. The smallest absolute Gasteiger partial charge is 0.243 e. The maximum Gasteiger partial charge on any atom is 0.243 e. The standard InChI is InChI=1S/C19H14N2O2S/c22-15(12-11-13-7-3-1-4-8-13)16-17(14-9-5-2-6-10-14)20-19(24)21-18(16)23/h1-12,16H,(H,21,23,24)/b12-11+. The molecule has 1 atom stereocenters. The first-order valence-electron chi connectivity index (χ1n) is 7.41. The molecule has 0 saturated heterocycles. The zero-order valence-electron chi connectivity index (χ0n) is 12.7. The van der Waals surface area contributed by atoms with Crippen LogP contribution in [0.15, 0.2) is 71.7 Å². The number of nitrogens with one attached hydrogen (secondary N) is 1. The van der Waals surface area contributed by atoms with Gasteiger partial charge in [-0.2, -0.15) is 0 Å². The van der Waals surface area contributed by atoms with E-state index in [4.69, 9.17) is 12.2 Å². The summed E-state index contributed by atoms with van der Waals surface area (Å²) in [5.41, 5.74) is 1.98. The van der Waals surface area contributed by atoms with Crippen LogP contribution in [0, 0.1) is 5.92 Å². The van der Waals surface area contributed by atoms with Gasteiger partial charge in [0.25, 0.3) is 0 Å². The van der Waals surface area contributed by atoms with Crippen LogP contribution in [0.5, 0.6) is 0 Å². The molecule has 1 N–H and O–H groups in total. The molecule has 0 aliphatic carbocycles. The van der Waals surface area contributed by atoms with Crippen molar-refractivity contribution in [2.24, 2.45) is 10.9 Å². The zero-order valence-corrected chi connectivity index (χ0v) is 13.5. The predicted octanol–water partition coefficient (Wildman–Crippen LogP) is 2.79. The van der Waals surface area contributed by atoms with Crippen molar-refractivity contribution in [2.75, 3.05) is 0 Å². The van der Waals surface area contributed by atoms with Crippen molar-refractivity contribution in [3.05, 3.63) is 77.9 Å². The number of ketones is 1. The summed E-state index contributed by atoms with van der Waals surface area (Å²) in [4.78, 5) is 29.1. The molecule has 118 valence electrons. The Balaban J connectivity index is 1.92. The first-order valence-corrected chi connectivity index (χ1v) is 7.82. The van der Waals surface area contributed by atoms with Crippen molar-refractivity contribution >= 4 is 40.8 Å². The molecule has 1 heterocycles. The fraction of sp³-hybridized carbons (Fsp3) is 0.0526. The van der Waals surface area contributed by atoms with Crippen LogP contribution in [0.2, 0.25) is 0 Å². The van der Waals surface area contributed by atoms with Crippen molar-refractivity contribution in [2.45, 2.75) is 0 Å². The number of allylic oxidation sites excluding steroid dienone is 1. The highest BCUT2D eigenvalue weighted by atomic mass is 32.1. The van der Waals surface area contributed by atoms with E-state index in [0.29, 0.717) is 11.3 Å². The van der Waals surface area contributed by atoms with E-state index in [1.54, 1.807) is 18.2 Å². The number of carbonyl (C=O) groups excluding carboxylic acids is 2. The van der Waals surface area contributed by atoms with Crippen LogP contribution in [-0.4, -0.2) is 22.5 Å². The number of thiocarbonyl (C=S) groups is 1. The van der Waals surface area contributed by atoms with Crippen LogP contribution in [0.1, 0.15) is 11.1 Å². The van der Waals surface area contributed by atoms with Crippen molar-refractivity contribution in [1.82, 2.24) is 5.32 Å². The Morgan fingerprint density at radius 2 is 1.67 bits per heavy atom. The lowest BCUT2D eigenvalue weighted by atomic mass is 9.90. The van der Waals surface area contributed by atoms with Crippen LogP contribution < -0.4 is 5.32 Å². The molecule has 5 heteroatoms. The third-order valence-electron chi connectivity index (χ3n) is 3.58. The van der Waals surface area contributed by atoms with E-state index >= 15 is 0 Å². The summed E-state index contributed by atoms with van der Waals surface area (Å²) >= 11 is 4.99. The van der Waals surface area contributed by atoms with Crippen molar-refractivity contribution in [3.8, 4) is 0 Å². The number of hydrogen-bond acceptors (Lipinski definition) is 3. The van der Waals surface area contributed by atoms with E-state index in [1.165, 1.54) is 6.08 Å². The Morgan fingerprint density at radius 3 is 2.33 bits per heavy atom. The molecular formula is C19H14N2O2S. The monoisotopic (exact) mass is 334 g/mol. The maximum atomic E-state index is 12.6. The molecule has 1 aliphatic heterocycles. The Hall–Kier alpha value is -2.92. The molecule has 2 aromatic rings. The van der Waals surface area contributed by atoms with Crippen LogP contribution in [0.4, 0.5) is 0 Å². The molecule has 1 amide bonds. The zero-order chi connectivity index (χ0) is 16.9. The second-order valence-corrected chi connectivity index (χ2v) is 5.62. The van der Waals surface area contributed by atoms with Crippen LogP contribution >= 0.6 is 12.2 Å². The Kier molecular flexibility index (Phi) is 4.72. The highest BCUT2D eigenvalue weighted by Gasteiger charge is 2.35. The van der Waals surface area contributed by atoms with Gasteiger partial charge in [0.2, 0.25) is 5.91 Å². The maximum absolute atomic E-state index is 12.6. The molecule has 0 aromatic heterocycles. The molecule has 0 radical (unpaired) electrons. The van der Waals surface area contributed by atoms with E-state index < -0.39 is 11.8 Å². The SMILES string of the molecule is O=C(/C=C/c1ccccc1)C1C(=O)NC(=S)N=C1c1ccccc1. The Morgan fingerprint density at radius 1 is 1.04 bits per heavy atom. The second kappa shape index (κ2) is 7.10. The van der Waals surface area contributed by atoms with E-state index in [9.17, 15) is 9.59 Å². The summed E-state index contributed by atoms with van der Waals surface area (Å²) < 4.78 is 0. The summed E-state index contributed by atoms with van der Waals surface area (Å²) in [6.07, 6.45) is 3.09. The van der Waals surface area contributed by atoms with Crippen molar-refractivity contribution < 1.29 is 9.59 Å². The molecular weight excluding hydrogens is 320 g/mol. The Bertz CT molecular complexity index is 842. The lowest BCUT2D eigenvalue weighted by Crippen LogP contribution is -2.46. The van der Waals surface area contributed by atoms with Gasteiger partial charge in [0.15, 0.2) is 10.9 Å². The van der Waals surface area contributed by atoms with E-state index in [0.717, 1.165) is 5.56 Å². The number of rotatable bonds is 4. The van der Waals surface area contributed by atoms with Gasteiger partial charge in [-0.15, -0.1) is 0 Å². The number of amides is 1. The van der Waals surface area contributed by atoms with Gasteiger partial charge in [-0.25, -0.2) is 4.99 Å². The minimum atomic E-state index is -1.00. The van der Waals surface area contributed by atoms with Gasteiger partial charge in [0.05, 0.1) is 5.71 Å². The third kappa shape index (κ3) is 3.52. The van der Waals surface area contributed by atoms with Gasteiger partial charge in [-0.3, -0.25) is 9.59 Å². The average molecular weight is 334 g/mol. The minimum absolute atomic E-state index is 0.0787. The summed E-state index contributed by atoms with van der Waals surface area (Å²) in [6, 6.07) is 18.6. The third-order valence-corrected chi connectivity index (χ3v) is 3.77. The molecule has 0 bridgehead atoms. The van der Waals surface area contributed by atoms with Gasteiger partial charge < -0.3 is 5.32 Å². The fourth-order valence-electron chi connectivity index (χ4n) is 2.45. The first kappa shape index (κ1) is 16.0. The lowest BCUT2D eigenvalue weighted by Gasteiger charge is -2.21. The molecule has 2 aromatic carbocycles. The lowest BCUT2D eigenvalue weighted by molar-refractivity contribution is -0.128.